The molecule has 0 bridgehead atoms. The average molecular weight is 562 g/mol. The van der Waals surface area contributed by atoms with E-state index in [9.17, 15) is 4.79 Å². The maximum absolute atomic E-state index is 12.8. The molecular weight excluding hydrogens is 529 g/mol. The lowest BCUT2D eigenvalue weighted by atomic mass is 9.90. The van der Waals surface area contributed by atoms with Gasteiger partial charge in [0.05, 0.1) is 0 Å². The van der Waals surface area contributed by atoms with Crippen LogP contribution in [0.15, 0.2) is 140 Å². The predicted octanol–water partition coefficient (Wildman–Crippen LogP) is 7.98. The SMILES string of the molecule is O=C(CCCc1ccc2ccc3cccc4ccc1c2c34)NCc1ccc(P(c2ccccc2)c2ccccc2)cc1. The van der Waals surface area contributed by atoms with Gasteiger partial charge in [-0.3, -0.25) is 4.79 Å². The number of amides is 1. The number of benzene rings is 7. The minimum atomic E-state index is -0.625. The summed E-state index contributed by atoms with van der Waals surface area (Å²) in [7, 11) is -0.625. The zero-order valence-electron chi connectivity index (χ0n) is 23.5. The third-order valence-corrected chi connectivity index (χ3v) is 10.6. The van der Waals surface area contributed by atoms with Crippen LogP contribution >= 0.6 is 7.92 Å². The molecule has 0 atom stereocenters. The van der Waals surface area contributed by atoms with E-state index < -0.39 is 7.92 Å². The van der Waals surface area contributed by atoms with Crippen LogP contribution in [-0.2, 0) is 17.8 Å². The van der Waals surface area contributed by atoms with Crippen LogP contribution in [0, 0.1) is 0 Å². The Morgan fingerprint density at radius 3 is 1.79 bits per heavy atom. The van der Waals surface area contributed by atoms with E-state index in [0.29, 0.717) is 13.0 Å². The van der Waals surface area contributed by atoms with E-state index in [1.54, 1.807) is 0 Å². The van der Waals surface area contributed by atoms with Gasteiger partial charge >= 0.3 is 0 Å². The second kappa shape index (κ2) is 11.8. The van der Waals surface area contributed by atoms with Crippen molar-refractivity contribution in [1.29, 1.82) is 0 Å². The zero-order valence-corrected chi connectivity index (χ0v) is 24.4. The third-order valence-electron chi connectivity index (χ3n) is 8.18. The average Bonchev–Trinajstić information content (AvgIpc) is 3.05. The number of carbonyl (C=O) groups excluding carboxylic acids is 1. The van der Waals surface area contributed by atoms with Crippen molar-refractivity contribution in [3.8, 4) is 0 Å². The molecule has 0 aliphatic rings. The Morgan fingerprint density at radius 2 is 1.12 bits per heavy atom. The summed E-state index contributed by atoms with van der Waals surface area (Å²) in [6.45, 7) is 0.548. The van der Waals surface area contributed by atoms with Gasteiger partial charge in [0.15, 0.2) is 0 Å². The molecule has 7 aromatic rings. The Hall–Kier alpha value is -4.52. The second-order valence-corrected chi connectivity index (χ2v) is 13.1. The number of nitrogens with one attached hydrogen (secondary N) is 1. The molecule has 1 amide bonds. The number of hydrogen-bond donors (Lipinski definition) is 1. The Kier molecular flexibility index (Phi) is 7.39. The molecule has 0 saturated heterocycles. The molecule has 1 N–H and O–H groups in total. The quantitative estimate of drug-likeness (QED) is 0.141. The largest absolute Gasteiger partial charge is 0.352 e. The first-order valence-corrected chi connectivity index (χ1v) is 16.0. The highest BCUT2D eigenvalue weighted by molar-refractivity contribution is 7.79. The van der Waals surface area contributed by atoms with Crippen molar-refractivity contribution in [3.05, 3.63) is 151 Å². The van der Waals surface area contributed by atoms with Gasteiger partial charge in [0.2, 0.25) is 5.91 Å². The van der Waals surface area contributed by atoms with E-state index in [1.807, 2.05) is 0 Å². The molecular formula is C39H32NOP. The van der Waals surface area contributed by atoms with Crippen LogP contribution < -0.4 is 21.2 Å². The third kappa shape index (κ3) is 5.27. The zero-order chi connectivity index (χ0) is 28.3. The van der Waals surface area contributed by atoms with Crippen molar-refractivity contribution < 1.29 is 4.79 Å². The van der Waals surface area contributed by atoms with Crippen LogP contribution in [0.25, 0.3) is 32.3 Å². The highest BCUT2D eigenvalue weighted by Crippen LogP contribution is 2.36. The van der Waals surface area contributed by atoms with Gasteiger partial charge in [-0.15, -0.1) is 0 Å². The second-order valence-electron chi connectivity index (χ2n) is 10.9. The molecule has 0 unspecified atom stereocenters. The van der Waals surface area contributed by atoms with Gasteiger partial charge in [-0.25, -0.2) is 0 Å². The highest BCUT2D eigenvalue weighted by Gasteiger charge is 2.16. The van der Waals surface area contributed by atoms with Crippen LogP contribution in [0.4, 0.5) is 0 Å². The van der Waals surface area contributed by atoms with Crippen LogP contribution in [0.5, 0.6) is 0 Å². The predicted molar refractivity (Wildman–Crippen MR) is 180 cm³/mol. The fourth-order valence-corrected chi connectivity index (χ4v) is 8.39. The number of hydrogen-bond acceptors (Lipinski definition) is 1. The number of rotatable bonds is 9. The van der Waals surface area contributed by atoms with Crippen molar-refractivity contribution in [2.75, 3.05) is 0 Å². The number of aryl methyl sites for hydroxylation is 1. The van der Waals surface area contributed by atoms with Crippen LogP contribution in [0.3, 0.4) is 0 Å². The Balaban J connectivity index is 0.991. The first-order valence-electron chi connectivity index (χ1n) is 14.7. The summed E-state index contributed by atoms with van der Waals surface area (Å²) in [6.07, 6.45) is 2.24. The highest BCUT2D eigenvalue weighted by atomic mass is 31.1. The maximum Gasteiger partial charge on any atom is 0.220 e. The van der Waals surface area contributed by atoms with E-state index in [4.69, 9.17) is 0 Å². The van der Waals surface area contributed by atoms with E-state index in [2.05, 4.69) is 145 Å². The molecule has 2 nitrogen and oxygen atoms in total. The topological polar surface area (TPSA) is 29.1 Å². The first-order chi connectivity index (χ1) is 20.7. The van der Waals surface area contributed by atoms with Crippen LogP contribution in [-0.4, -0.2) is 5.91 Å². The smallest absolute Gasteiger partial charge is 0.220 e. The molecule has 0 aliphatic carbocycles. The lowest BCUT2D eigenvalue weighted by Gasteiger charge is -2.19. The van der Waals surface area contributed by atoms with Crippen LogP contribution in [0.1, 0.15) is 24.0 Å². The van der Waals surface area contributed by atoms with Gasteiger partial charge in [0.1, 0.15) is 0 Å². The van der Waals surface area contributed by atoms with E-state index in [-0.39, 0.29) is 5.91 Å². The molecule has 0 aliphatic heterocycles. The molecule has 0 heterocycles. The molecule has 0 saturated carbocycles. The molecule has 0 fully saturated rings. The van der Waals surface area contributed by atoms with Gasteiger partial charge in [0, 0.05) is 13.0 Å². The van der Waals surface area contributed by atoms with Gasteiger partial charge in [0.25, 0.3) is 0 Å². The fraction of sp³-hybridized carbons (Fsp3) is 0.103. The Labute approximate surface area is 248 Å². The van der Waals surface area contributed by atoms with Crippen molar-refractivity contribution in [3.63, 3.8) is 0 Å². The number of carbonyl (C=O) groups is 1. The van der Waals surface area contributed by atoms with E-state index in [0.717, 1.165) is 18.4 Å². The van der Waals surface area contributed by atoms with Crippen LogP contribution in [0.2, 0.25) is 0 Å². The summed E-state index contributed by atoms with van der Waals surface area (Å²) >= 11 is 0. The fourth-order valence-electron chi connectivity index (χ4n) is 6.11. The Morgan fingerprint density at radius 1 is 0.548 bits per heavy atom. The summed E-state index contributed by atoms with van der Waals surface area (Å²) < 4.78 is 0. The maximum atomic E-state index is 12.8. The van der Waals surface area contributed by atoms with Crippen molar-refractivity contribution in [2.45, 2.75) is 25.8 Å². The van der Waals surface area contributed by atoms with E-state index >= 15 is 0 Å². The molecule has 7 aromatic carbocycles. The molecule has 0 spiro atoms. The Bertz CT molecular complexity index is 1910. The molecule has 0 radical (unpaired) electrons. The van der Waals surface area contributed by atoms with Crippen molar-refractivity contribution in [1.82, 2.24) is 5.32 Å². The van der Waals surface area contributed by atoms with E-state index in [1.165, 1.54) is 53.8 Å². The van der Waals surface area contributed by atoms with Crippen molar-refractivity contribution >= 4 is 62.1 Å². The molecule has 7 rings (SSSR count). The summed E-state index contributed by atoms with van der Waals surface area (Å²) in [5.41, 5.74) is 2.44. The van der Waals surface area contributed by atoms with Gasteiger partial charge in [-0.1, -0.05) is 140 Å². The van der Waals surface area contributed by atoms with Crippen molar-refractivity contribution in [2.24, 2.45) is 0 Å². The standard InChI is InChI=1S/C39H32NOP/c41-37(16-8-9-29-19-20-32-22-21-30-10-7-11-31-23-26-36(29)39(32)38(30)31)40-27-28-17-24-35(25-18-28)42(33-12-3-1-4-13-33)34-14-5-2-6-15-34/h1-7,10-15,17-26H,8-9,16,27H2,(H,40,41). The van der Waals surface area contributed by atoms with Gasteiger partial charge < -0.3 is 5.32 Å². The summed E-state index contributed by atoms with van der Waals surface area (Å²) in [5, 5.41) is 15.0. The summed E-state index contributed by atoms with van der Waals surface area (Å²) in [4.78, 5) is 12.8. The molecule has 204 valence electrons. The minimum Gasteiger partial charge on any atom is -0.352 e. The molecule has 42 heavy (non-hydrogen) atoms. The van der Waals surface area contributed by atoms with Gasteiger partial charge in [-0.2, -0.15) is 0 Å². The normalized spacial score (nSPS) is 11.5. The lowest BCUT2D eigenvalue weighted by Crippen LogP contribution is -2.23. The molecule has 0 aromatic heterocycles. The first kappa shape index (κ1) is 26.4. The summed E-state index contributed by atoms with van der Waals surface area (Å²) in [5.74, 6) is 0.104. The monoisotopic (exact) mass is 561 g/mol. The summed E-state index contributed by atoms with van der Waals surface area (Å²) in [6, 6.07) is 50.1. The molecule has 3 heteroatoms. The lowest BCUT2D eigenvalue weighted by molar-refractivity contribution is -0.121. The van der Waals surface area contributed by atoms with Gasteiger partial charge in [-0.05, 0) is 80.1 Å². The minimum absolute atomic E-state index is 0.104.